The highest BCUT2D eigenvalue weighted by molar-refractivity contribution is 5.88. The molecular formula is C32H34N2O8. The predicted octanol–water partition coefficient (Wildman–Crippen LogP) is 3.38. The van der Waals surface area contributed by atoms with Crippen LogP contribution >= 0.6 is 0 Å². The van der Waals surface area contributed by atoms with Crippen molar-refractivity contribution in [3.05, 3.63) is 108 Å². The van der Waals surface area contributed by atoms with Gasteiger partial charge in [0.25, 0.3) is 0 Å². The van der Waals surface area contributed by atoms with Crippen LogP contribution in [-0.2, 0) is 58.0 Å². The molecule has 0 radical (unpaired) electrons. The smallest absolute Gasteiger partial charge is 0.328 e. The van der Waals surface area contributed by atoms with Gasteiger partial charge in [0, 0.05) is 19.3 Å². The second-order valence-corrected chi connectivity index (χ2v) is 9.32. The van der Waals surface area contributed by atoms with Gasteiger partial charge in [0.2, 0.25) is 11.8 Å². The molecule has 0 spiro atoms. The lowest BCUT2D eigenvalue weighted by atomic mass is 10.1. The van der Waals surface area contributed by atoms with Gasteiger partial charge in [-0.25, -0.2) is 4.79 Å². The molecule has 1 unspecified atom stereocenters. The molecule has 0 saturated heterocycles. The molecule has 2 amide bonds. The van der Waals surface area contributed by atoms with Gasteiger partial charge in [-0.05, 0) is 23.1 Å². The van der Waals surface area contributed by atoms with Gasteiger partial charge in [0.15, 0.2) is 0 Å². The number of hydrogen-bond acceptors (Lipinski definition) is 8. The quantitative estimate of drug-likeness (QED) is 0.196. The van der Waals surface area contributed by atoms with Gasteiger partial charge in [-0.2, -0.15) is 0 Å². The van der Waals surface area contributed by atoms with Crippen molar-refractivity contribution < 1.29 is 38.2 Å². The Bertz CT molecular complexity index is 1300. The molecule has 10 heteroatoms. The highest BCUT2D eigenvalue weighted by Crippen LogP contribution is 2.09. The van der Waals surface area contributed by atoms with Crippen molar-refractivity contribution in [3.63, 3.8) is 0 Å². The summed E-state index contributed by atoms with van der Waals surface area (Å²) in [5, 5.41) is 4.96. The van der Waals surface area contributed by atoms with Gasteiger partial charge >= 0.3 is 17.9 Å². The maximum absolute atomic E-state index is 12.8. The van der Waals surface area contributed by atoms with E-state index in [-0.39, 0.29) is 52.0 Å². The van der Waals surface area contributed by atoms with E-state index in [9.17, 15) is 24.0 Å². The summed E-state index contributed by atoms with van der Waals surface area (Å²) in [6.45, 7) is -0.177. The van der Waals surface area contributed by atoms with Gasteiger partial charge in [-0.1, -0.05) is 91.0 Å². The van der Waals surface area contributed by atoms with Crippen molar-refractivity contribution in [3.8, 4) is 0 Å². The summed E-state index contributed by atoms with van der Waals surface area (Å²) in [4.78, 5) is 61.7. The Kier molecular flexibility index (Phi) is 13.3. The van der Waals surface area contributed by atoms with E-state index in [1.54, 1.807) is 24.3 Å². The van der Waals surface area contributed by atoms with Crippen molar-refractivity contribution >= 4 is 29.7 Å². The van der Waals surface area contributed by atoms with Gasteiger partial charge in [-0.3, -0.25) is 19.2 Å². The van der Waals surface area contributed by atoms with Crippen LogP contribution in [0, 0.1) is 0 Å². The van der Waals surface area contributed by atoms with E-state index in [2.05, 4.69) is 10.6 Å². The summed E-state index contributed by atoms with van der Waals surface area (Å²) in [5.41, 5.74) is 2.40. The van der Waals surface area contributed by atoms with E-state index < -0.39 is 35.8 Å². The van der Waals surface area contributed by atoms with Crippen LogP contribution in [-0.4, -0.2) is 42.3 Å². The fourth-order valence-corrected chi connectivity index (χ4v) is 3.69. The minimum Gasteiger partial charge on any atom is -0.461 e. The molecule has 1 atom stereocenters. The Morgan fingerprint density at radius 3 is 1.52 bits per heavy atom. The largest absolute Gasteiger partial charge is 0.461 e. The second-order valence-electron chi connectivity index (χ2n) is 9.32. The maximum Gasteiger partial charge on any atom is 0.328 e. The van der Waals surface area contributed by atoms with Crippen molar-refractivity contribution in [2.24, 2.45) is 0 Å². The zero-order valence-corrected chi connectivity index (χ0v) is 23.2. The van der Waals surface area contributed by atoms with Crippen LogP contribution in [0.4, 0.5) is 0 Å². The first-order chi connectivity index (χ1) is 20.4. The van der Waals surface area contributed by atoms with Crippen LogP contribution in [0.15, 0.2) is 91.0 Å². The number of ether oxygens (including phenoxy) is 3. The Balaban J connectivity index is 1.43. The van der Waals surface area contributed by atoms with Crippen molar-refractivity contribution in [2.45, 2.75) is 51.5 Å². The van der Waals surface area contributed by atoms with Crippen LogP contribution in [0.3, 0.4) is 0 Å². The zero-order chi connectivity index (χ0) is 30.0. The third-order valence-electron chi connectivity index (χ3n) is 5.98. The van der Waals surface area contributed by atoms with Gasteiger partial charge < -0.3 is 24.8 Å². The Morgan fingerprint density at radius 2 is 1.00 bits per heavy atom. The van der Waals surface area contributed by atoms with E-state index in [0.29, 0.717) is 0 Å². The SMILES string of the molecule is O=C(CCC(=O)NC(CCC(=O)OCc1ccccc1)C(=O)OCc1ccccc1)NCC(=O)OCc1ccccc1. The average molecular weight is 575 g/mol. The monoisotopic (exact) mass is 574 g/mol. The Morgan fingerprint density at radius 1 is 0.548 bits per heavy atom. The summed E-state index contributed by atoms with van der Waals surface area (Å²) in [6.07, 6.45) is -0.648. The number of carbonyl (C=O) groups excluding carboxylic acids is 5. The van der Waals surface area contributed by atoms with Crippen LogP contribution in [0.2, 0.25) is 0 Å². The molecule has 0 saturated carbocycles. The number of rotatable bonds is 16. The Hall–Kier alpha value is -4.99. The Labute approximate surface area is 244 Å². The highest BCUT2D eigenvalue weighted by atomic mass is 16.5. The van der Waals surface area contributed by atoms with Crippen LogP contribution in [0.5, 0.6) is 0 Å². The number of nitrogens with one attached hydrogen (secondary N) is 2. The van der Waals surface area contributed by atoms with Gasteiger partial charge in [0.1, 0.15) is 32.4 Å². The van der Waals surface area contributed by atoms with Crippen LogP contribution in [0.25, 0.3) is 0 Å². The third kappa shape index (κ3) is 12.5. The molecule has 0 aromatic heterocycles. The lowest BCUT2D eigenvalue weighted by Crippen LogP contribution is -2.42. The molecule has 0 aliphatic carbocycles. The number of amides is 2. The average Bonchev–Trinajstić information content (AvgIpc) is 3.03. The van der Waals surface area contributed by atoms with Gasteiger partial charge in [0.05, 0.1) is 0 Å². The van der Waals surface area contributed by atoms with E-state index in [0.717, 1.165) is 16.7 Å². The first-order valence-corrected chi connectivity index (χ1v) is 13.5. The lowest BCUT2D eigenvalue weighted by Gasteiger charge is -2.18. The molecule has 0 heterocycles. The number of hydrogen-bond donors (Lipinski definition) is 2. The highest BCUT2D eigenvalue weighted by Gasteiger charge is 2.24. The summed E-state index contributed by atoms with van der Waals surface area (Å²) < 4.78 is 15.7. The number of benzene rings is 3. The van der Waals surface area contributed by atoms with Crippen LogP contribution < -0.4 is 10.6 Å². The molecule has 0 bridgehead atoms. The fraction of sp³-hybridized carbons (Fsp3) is 0.281. The predicted molar refractivity (Wildman–Crippen MR) is 152 cm³/mol. The van der Waals surface area contributed by atoms with Crippen molar-refractivity contribution in [1.29, 1.82) is 0 Å². The fourth-order valence-electron chi connectivity index (χ4n) is 3.69. The van der Waals surface area contributed by atoms with Crippen molar-refractivity contribution in [1.82, 2.24) is 10.6 Å². The molecule has 3 rings (SSSR count). The number of carbonyl (C=O) groups is 5. The third-order valence-corrected chi connectivity index (χ3v) is 5.98. The standard InChI is InChI=1S/C32H34N2O8/c35-28(33-20-31(38)41-22-25-12-6-2-7-13-25)17-18-29(36)34-27(32(39)42-23-26-14-8-3-9-15-26)16-19-30(37)40-21-24-10-4-1-5-11-24/h1-15,27H,16-23H2,(H,33,35)(H,34,36). The minimum atomic E-state index is -1.12. The molecular weight excluding hydrogens is 540 g/mol. The summed E-state index contributed by atoms with van der Waals surface area (Å²) in [6, 6.07) is 26.2. The minimum absolute atomic E-state index is 0.00667. The lowest BCUT2D eigenvalue weighted by molar-refractivity contribution is -0.150. The summed E-state index contributed by atoms with van der Waals surface area (Å²) in [7, 11) is 0. The molecule has 0 aliphatic heterocycles. The van der Waals surface area contributed by atoms with E-state index in [1.807, 2.05) is 66.7 Å². The maximum atomic E-state index is 12.8. The molecule has 3 aromatic carbocycles. The van der Waals surface area contributed by atoms with Gasteiger partial charge in [-0.15, -0.1) is 0 Å². The van der Waals surface area contributed by atoms with Crippen LogP contribution in [0.1, 0.15) is 42.4 Å². The molecule has 2 N–H and O–H groups in total. The summed E-state index contributed by atoms with van der Waals surface area (Å²) in [5.74, 6) is -2.98. The van der Waals surface area contributed by atoms with E-state index >= 15 is 0 Å². The first kappa shape index (κ1) is 31.5. The molecule has 42 heavy (non-hydrogen) atoms. The van der Waals surface area contributed by atoms with E-state index in [1.165, 1.54) is 0 Å². The zero-order valence-electron chi connectivity index (χ0n) is 23.2. The topological polar surface area (TPSA) is 137 Å². The summed E-state index contributed by atoms with van der Waals surface area (Å²) >= 11 is 0. The van der Waals surface area contributed by atoms with Crippen molar-refractivity contribution in [2.75, 3.05) is 6.54 Å². The normalized spacial score (nSPS) is 11.0. The molecule has 10 nitrogen and oxygen atoms in total. The molecule has 3 aromatic rings. The molecule has 220 valence electrons. The molecule has 0 aliphatic rings. The number of esters is 3. The molecule has 0 fully saturated rings. The van der Waals surface area contributed by atoms with E-state index in [4.69, 9.17) is 14.2 Å². The first-order valence-electron chi connectivity index (χ1n) is 13.5. The second kappa shape index (κ2) is 17.6.